The Morgan fingerprint density at radius 2 is 2.35 bits per heavy atom. The Labute approximate surface area is 107 Å². The molecule has 1 N–H and O–H groups in total. The summed E-state index contributed by atoms with van der Waals surface area (Å²) >= 11 is 1.72. The number of nitrogens with one attached hydrogen (secondary N) is 1. The Morgan fingerprint density at radius 1 is 1.65 bits per heavy atom. The molecular weight excluding hydrogens is 232 g/mol. The van der Waals surface area contributed by atoms with Gasteiger partial charge in [-0.25, -0.2) is 0 Å². The molecular formula is C13H18N2OS. The molecule has 0 bridgehead atoms. The third kappa shape index (κ3) is 3.88. The first-order valence-corrected chi connectivity index (χ1v) is 6.34. The van der Waals surface area contributed by atoms with Gasteiger partial charge in [0.2, 0.25) is 5.91 Å². The van der Waals surface area contributed by atoms with E-state index in [1.165, 1.54) is 9.75 Å². The first-order chi connectivity index (χ1) is 8.06. The molecule has 92 valence electrons. The molecule has 0 aliphatic heterocycles. The fourth-order valence-electron chi connectivity index (χ4n) is 1.45. The van der Waals surface area contributed by atoms with Crippen LogP contribution in [0, 0.1) is 19.3 Å². The van der Waals surface area contributed by atoms with Crippen LogP contribution in [0.15, 0.2) is 12.1 Å². The van der Waals surface area contributed by atoms with Gasteiger partial charge >= 0.3 is 0 Å². The van der Waals surface area contributed by atoms with E-state index in [-0.39, 0.29) is 18.5 Å². The van der Waals surface area contributed by atoms with Gasteiger partial charge in [0.05, 0.1) is 19.1 Å². The standard InChI is InChI=1S/C13H18N2OS/c1-5-8-14-9-13(16)15(4)11(3)12-7-6-10(2)17-12/h1,6-7,11,14H,8-9H2,2-4H3. The molecule has 1 unspecified atom stereocenters. The van der Waals surface area contributed by atoms with E-state index in [1.54, 1.807) is 16.2 Å². The summed E-state index contributed by atoms with van der Waals surface area (Å²) in [6, 6.07) is 4.25. The number of hydrogen-bond acceptors (Lipinski definition) is 3. The van der Waals surface area contributed by atoms with E-state index < -0.39 is 0 Å². The molecule has 1 atom stereocenters. The van der Waals surface area contributed by atoms with Crippen LogP contribution in [0.2, 0.25) is 0 Å². The van der Waals surface area contributed by atoms with Crippen LogP contribution in [0.25, 0.3) is 0 Å². The van der Waals surface area contributed by atoms with E-state index in [0.29, 0.717) is 6.54 Å². The maximum Gasteiger partial charge on any atom is 0.236 e. The van der Waals surface area contributed by atoms with Crippen molar-refractivity contribution in [2.45, 2.75) is 19.9 Å². The lowest BCUT2D eigenvalue weighted by Gasteiger charge is -2.24. The summed E-state index contributed by atoms with van der Waals surface area (Å²) in [5.74, 6) is 2.50. The van der Waals surface area contributed by atoms with Crippen molar-refractivity contribution in [2.75, 3.05) is 20.1 Å². The minimum absolute atomic E-state index is 0.0544. The summed E-state index contributed by atoms with van der Waals surface area (Å²) in [7, 11) is 1.82. The summed E-state index contributed by atoms with van der Waals surface area (Å²) in [6.07, 6.45) is 5.11. The number of terminal acetylenes is 1. The topological polar surface area (TPSA) is 32.3 Å². The molecule has 1 rings (SSSR count). The van der Waals surface area contributed by atoms with Gasteiger partial charge in [0.25, 0.3) is 0 Å². The van der Waals surface area contributed by atoms with Gasteiger partial charge in [0.1, 0.15) is 0 Å². The van der Waals surface area contributed by atoms with Gasteiger partial charge in [-0.15, -0.1) is 17.8 Å². The van der Waals surface area contributed by atoms with Crippen LogP contribution in [-0.2, 0) is 4.79 Å². The quantitative estimate of drug-likeness (QED) is 0.638. The number of amides is 1. The second-order valence-corrected chi connectivity index (χ2v) is 5.26. The van der Waals surface area contributed by atoms with E-state index in [4.69, 9.17) is 6.42 Å². The third-order valence-corrected chi connectivity index (χ3v) is 3.82. The highest BCUT2D eigenvalue weighted by molar-refractivity contribution is 7.12. The molecule has 0 saturated heterocycles. The van der Waals surface area contributed by atoms with E-state index in [0.717, 1.165) is 0 Å². The van der Waals surface area contributed by atoms with E-state index in [9.17, 15) is 4.79 Å². The van der Waals surface area contributed by atoms with E-state index >= 15 is 0 Å². The van der Waals surface area contributed by atoms with Gasteiger partial charge in [-0.1, -0.05) is 5.92 Å². The van der Waals surface area contributed by atoms with Crippen LogP contribution in [0.4, 0.5) is 0 Å². The summed E-state index contributed by atoms with van der Waals surface area (Å²) < 4.78 is 0. The molecule has 0 aromatic carbocycles. The molecule has 4 heteroatoms. The van der Waals surface area contributed by atoms with Crippen molar-refractivity contribution in [1.82, 2.24) is 10.2 Å². The molecule has 0 saturated carbocycles. The van der Waals surface area contributed by atoms with Crippen molar-refractivity contribution >= 4 is 17.2 Å². The number of likely N-dealkylation sites (N-methyl/N-ethyl adjacent to an activating group) is 1. The first kappa shape index (κ1) is 13.8. The highest BCUT2D eigenvalue weighted by atomic mass is 32.1. The van der Waals surface area contributed by atoms with E-state index in [2.05, 4.69) is 30.3 Å². The molecule has 0 aliphatic carbocycles. The lowest BCUT2D eigenvalue weighted by atomic mass is 10.2. The van der Waals surface area contributed by atoms with Gasteiger partial charge in [0, 0.05) is 16.8 Å². The molecule has 1 aromatic rings. The van der Waals surface area contributed by atoms with Crippen molar-refractivity contribution in [3.63, 3.8) is 0 Å². The van der Waals surface area contributed by atoms with Crippen molar-refractivity contribution < 1.29 is 4.79 Å². The Bertz CT molecular complexity index is 419. The third-order valence-electron chi connectivity index (χ3n) is 2.65. The molecule has 1 heterocycles. The zero-order chi connectivity index (χ0) is 12.8. The number of aryl methyl sites for hydroxylation is 1. The van der Waals surface area contributed by atoms with Crippen molar-refractivity contribution in [1.29, 1.82) is 0 Å². The average Bonchev–Trinajstić information content (AvgIpc) is 2.74. The monoisotopic (exact) mass is 250 g/mol. The first-order valence-electron chi connectivity index (χ1n) is 5.52. The number of carbonyl (C=O) groups is 1. The maximum atomic E-state index is 11.8. The van der Waals surface area contributed by atoms with Gasteiger partial charge in [-0.3, -0.25) is 10.1 Å². The Hall–Kier alpha value is -1.31. The predicted octanol–water partition coefficient (Wildman–Crippen LogP) is 1.80. The zero-order valence-corrected chi connectivity index (χ0v) is 11.3. The summed E-state index contributed by atoms with van der Waals surface area (Å²) in [5.41, 5.74) is 0. The highest BCUT2D eigenvalue weighted by Gasteiger charge is 2.17. The zero-order valence-electron chi connectivity index (χ0n) is 10.5. The number of rotatable bonds is 5. The van der Waals surface area contributed by atoms with Gasteiger partial charge in [0.15, 0.2) is 0 Å². The van der Waals surface area contributed by atoms with E-state index in [1.807, 2.05) is 14.0 Å². The second-order valence-electron chi connectivity index (χ2n) is 3.94. The number of carbonyl (C=O) groups excluding carboxylic acids is 1. The minimum atomic E-state index is 0.0544. The van der Waals surface area contributed by atoms with Crippen molar-refractivity contribution in [3.05, 3.63) is 21.9 Å². The molecule has 0 spiro atoms. The molecule has 3 nitrogen and oxygen atoms in total. The van der Waals surface area contributed by atoms with Crippen molar-refractivity contribution in [3.8, 4) is 12.3 Å². The number of thiophene rings is 1. The van der Waals surface area contributed by atoms with Gasteiger partial charge in [-0.05, 0) is 26.0 Å². The molecule has 1 aromatic heterocycles. The number of nitrogens with zero attached hydrogens (tertiary/aromatic N) is 1. The molecule has 17 heavy (non-hydrogen) atoms. The van der Waals surface area contributed by atoms with Crippen LogP contribution in [0.5, 0.6) is 0 Å². The van der Waals surface area contributed by atoms with Gasteiger partial charge < -0.3 is 4.90 Å². The summed E-state index contributed by atoms with van der Waals surface area (Å²) in [5, 5.41) is 2.90. The largest absolute Gasteiger partial charge is 0.337 e. The summed E-state index contributed by atoms with van der Waals surface area (Å²) in [4.78, 5) is 16.0. The fourth-order valence-corrected chi connectivity index (χ4v) is 2.42. The van der Waals surface area contributed by atoms with Crippen LogP contribution in [-0.4, -0.2) is 30.9 Å². The SMILES string of the molecule is C#CCNCC(=O)N(C)C(C)c1ccc(C)s1. The minimum Gasteiger partial charge on any atom is -0.337 e. The Balaban J connectivity index is 2.54. The predicted molar refractivity (Wildman–Crippen MR) is 71.9 cm³/mol. The second kappa shape index (κ2) is 6.43. The molecule has 0 aliphatic rings. The number of hydrogen-bond donors (Lipinski definition) is 1. The summed E-state index contributed by atoms with van der Waals surface area (Å²) in [6.45, 7) is 4.81. The lowest BCUT2D eigenvalue weighted by Crippen LogP contribution is -2.37. The van der Waals surface area contributed by atoms with Crippen LogP contribution in [0.1, 0.15) is 22.7 Å². The molecule has 0 radical (unpaired) electrons. The average molecular weight is 250 g/mol. The van der Waals surface area contributed by atoms with Crippen LogP contribution >= 0.6 is 11.3 Å². The van der Waals surface area contributed by atoms with Gasteiger partial charge in [-0.2, -0.15) is 0 Å². The van der Waals surface area contributed by atoms with Crippen LogP contribution < -0.4 is 5.32 Å². The van der Waals surface area contributed by atoms with Crippen molar-refractivity contribution in [2.24, 2.45) is 0 Å². The normalized spacial score (nSPS) is 11.9. The fraction of sp³-hybridized carbons (Fsp3) is 0.462. The Morgan fingerprint density at radius 3 is 2.88 bits per heavy atom. The van der Waals surface area contributed by atoms with Crippen LogP contribution in [0.3, 0.4) is 0 Å². The molecule has 0 fully saturated rings. The lowest BCUT2D eigenvalue weighted by molar-refractivity contribution is -0.130. The maximum absolute atomic E-state index is 11.8. The highest BCUT2D eigenvalue weighted by Crippen LogP contribution is 2.26. The smallest absolute Gasteiger partial charge is 0.236 e. The molecule has 1 amide bonds. The Kier molecular flexibility index (Phi) is 5.20.